The van der Waals surface area contributed by atoms with Crippen molar-refractivity contribution >= 4 is 28.5 Å². The van der Waals surface area contributed by atoms with Crippen molar-refractivity contribution < 1.29 is 0 Å². The molecule has 0 bridgehead atoms. The molecule has 0 fully saturated rings. The predicted molar refractivity (Wildman–Crippen MR) is 61.4 cm³/mol. The molecule has 1 heterocycles. The van der Waals surface area contributed by atoms with Crippen LogP contribution in [0.3, 0.4) is 0 Å². The van der Waals surface area contributed by atoms with Gasteiger partial charge in [-0.05, 0) is 12.8 Å². The smallest absolute Gasteiger partial charge is 0.0998 e. The lowest BCUT2D eigenvalue weighted by molar-refractivity contribution is 0.819. The van der Waals surface area contributed by atoms with Crippen LogP contribution in [0.2, 0.25) is 0 Å². The molecule has 0 radical (unpaired) electrons. The summed E-state index contributed by atoms with van der Waals surface area (Å²) >= 11 is 6.53. The molecule has 1 aromatic heterocycles. The molecule has 13 heavy (non-hydrogen) atoms. The summed E-state index contributed by atoms with van der Waals surface area (Å²) in [6, 6.07) is 0. The van der Waals surface area contributed by atoms with Crippen molar-refractivity contribution in [3.8, 4) is 0 Å². The lowest BCUT2D eigenvalue weighted by Gasteiger charge is -1.99. The molecule has 1 aromatic rings. The number of aromatic nitrogens is 1. The Bertz CT molecular complexity index is 315. The maximum absolute atomic E-state index is 5.46. The van der Waals surface area contributed by atoms with Gasteiger partial charge in [0.1, 0.15) is 0 Å². The number of aryl methyl sites for hydroxylation is 1. The quantitative estimate of drug-likeness (QED) is 0.785. The van der Waals surface area contributed by atoms with Crippen LogP contribution in [-0.4, -0.2) is 9.97 Å². The zero-order chi connectivity index (χ0) is 10.0. The third-order valence-corrected chi connectivity index (χ3v) is 2.88. The van der Waals surface area contributed by atoms with Gasteiger partial charge in [-0.25, -0.2) is 4.98 Å². The Hall–Kier alpha value is -0.480. The van der Waals surface area contributed by atoms with Crippen molar-refractivity contribution in [3.63, 3.8) is 0 Å². The van der Waals surface area contributed by atoms with Gasteiger partial charge in [0.15, 0.2) is 0 Å². The number of thiazole rings is 1. The molecule has 0 aromatic carbocycles. The third-order valence-electron chi connectivity index (χ3n) is 1.75. The molecule has 4 heteroatoms. The normalized spacial score (nSPS) is 10.8. The summed E-state index contributed by atoms with van der Waals surface area (Å²) in [7, 11) is 0. The summed E-state index contributed by atoms with van der Waals surface area (Å²) in [5, 5.41) is 1.04. The van der Waals surface area contributed by atoms with Crippen molar-refractivity contribution in [1.29, 1.82) is 0 Å². The van der Waals surface area contributed by atoms with Crippen LogP contribution in [0.4, 0.5) is 0 Å². The van der Waals surface area contributed by atoms with Crippen LogP contribution in [0.1, 0.15) is 35.3 Å². The zero-order valence-electron chi connectivity index (χ0n) is 8.13. The van der Waals surface area contributed by atoms with E-state index in [0.717, 1.165) is 5.01 Å². The predicted octanol–water partition coefficient (Wildman–Crippen LogP) is 2.40. The van der Waals surface area contributed by atoms with E-state index in [1.54, 1.807) is 11.3 Å². The van der Waals surface area contributed by atoms with Crippen molar-refractivity contribution in [2.75, 3.05) is 0 Å². The molecule has 1 rings (SSSR count). The van der Waals surface area contributed by atoms with Crippen molar-refractivity contribution in [1.82, 2.24) is 4.98 Å². The first kappa shape index (κ1) is 10.6. The van der Waals surface area contributed by atoms with Gasteiger partial charge >= 0.3 is 0 Å². The van der Waals surface area contributed by atoms with Crippen molar-refractivity contribution in [3.05, 3.63) is 15.6 Å². The number of rotatable bonds is 3. The monoisotopic (exact) mass is 214 g/mol. The van der Waals surface area contributed by atoms with Crippen LogP contribution >= 0.6 is 23.6 Å². The second-order valence-corrected chi connectivity index (χ2v) is 5.16. The summed E-state index contributed by atoms with van der Waals surface area (Å²) in [6.45, 7) is 6.38. The summed E-state index contributed by atoms with van der Waals surface area (Å²) in [6.07, 6.45) is 0.633. The second kappa shape index (κ2) is 4.15. The molecule has 0 saturated heterocycles. The van der Waals surface area contributed by atoms with Crippen molar-refractivity contribution in [2.24, 2.45) is 5.73 Å². The van der Waals surface area contributed by atoms with Gasteiger partial charge in [-0.1, -0.05) is 26.1 Å². The first-order chi connectivity index (χ1) is 6.00. The van der Waals surface area contributed by atoms with Crippen LogP contribution in [0.25, 0.3) is 0 Å². The number of thiocarbonyl (C=S) groups is 1. The highest BCUT2D eigenvalue weighted by Crippen LogP contribution is 2.24. The highest BCUT2D eigenvalue weighted by molar-refractivity contribution is 7.80. The summed E-state index contributed by atoms with van der Waals surface area (Å²) in [5.41, 5.74) is 6.64. The number of hydrogen-bond acceptors (Lipinski definition) is 3. The Morgan fingerprint density at radius 2 is 2.23 bits per heavy atom. The second-order valence-electron chi connectivity index (χ2n) is 3.35. The fourth-order valence-electron chi connectivity index (χ4n) is 1.23. The Balaban J connectivity index is 2.88. The largest absolute Gasteiger partial charge is 0.393 e. The van der Waals surface area contributed by atoms with E-state index in [-0.39, 0.29) is 0 Å². The molecule has 0 unspecified atom stereocenters. The molecule has 0 aliphatic rings. The van der Waals surface area contributed by atoms with E-state index < -0.39 is 0 Å². The highest BCUT2D eigenvalue weighted by Gasteiger charge is 2.10. The van der Waals surface area contributed by atoms with E-state index >= 15 is 0 Å². The lowest BCUT2D eigenvalue weighted by atomic mass is 10.1. The fourth-order valence-corrected chi connectivity index (χ4v) is 2.56. The first-order valence-electron chi connectivity index (χ1n) is 4.25. The standard InChI is InChI=1S/C9H14N2S2/c1-5(2)9-6(3)13-8(11-9)4-7(10)12/h5H,4H2,1-3H3,(H2,10,12). The Kier molecular flexibility index (Phi) is 3.39. The Morgan fingerprint density at radius 3 is 2.62 bits per heavy atom. The maximum atomic E-state index is 5.46. The fraction of sp³-hybridized carbons (Fsp3) is 0.556. The van der Waals surface area contributed by atoms with Crippen LogP contribution < -0.4 is 5.73 Å². The molecule has 0 aliphatic heterocycles. The molecule has 2 nitrogen and oxygen atoms in total. The average Bonchev–Trinajstić information content (AvgIpc) is 2.29. The minimum absolute atomic E-state index is 0.483. The van der Waals surface area contributed by atoms with Crippen molar-refractivity contribution in [2.45, 2.75) is 33.1 Å². The Morgan fingerprint density at radius 1 is 1.62 bits per heavy atom. The van der Waals surface area contributed by atoms with Gasteiger partial charge in [-0.2, -0.15) is 0 Å². The van der Waals surface area contributed by atoms with E-state index in [1.807, 2.05) is 0 Å². The van der Waals surface area contributed by atoms with E-state index in [1.165, 1.54) is 10.6 Å². The molecule has 0 atom stereocenters. The first-order valence-corrected chi connectivity index (χ1v) is 5.47. The molecule has 0 saturated carbocycles. The summed E-state index contributed by atoms with van der Waals surface area (Å²) < 4.78 is 0. The van der Waals surface area contributed by atoms with Gasteiger partial charge in [-0.15, -0.1) is 11.3 Å². The Labute approximate surface area is 88.2 Å². The van der Waals surface area contributed by atoms with E-state index in [0.29, 0.717) is 17.3 Å². The van der Waals surface area contributed by atoms with Gasteiger partial charge in [0, 0.05) is 11.3 Å². The molecule has 0 aliphatic carbocycles. The minimum atomic E-state index is 0.483. The summed E-state index contributed by atoms with van der Waals surface area (Å²) in [4.78, 5) is 6.30. The van der Waals surface area contributed by atoms with Crippen LogP contribution in [0, 0.1) is 6.92 Å². The lowest BCUT2D eigenvalue weighted by Crippen LogP contribution is -2.10. The molecular formula is C9H14N2S2. The SMILES string of the molecule is Cc1sc(CC(N)=S)nc1C(C)C. The molecule has 2 N–H and O–H groups in total. The number of hydrogen-bond donors (Lipinski definition) is 1. The van der Waals surface area contributed by atoms with Crippen LogP contribution in [-0.2, 0) is 6.42 Å². The van der Waals surface area contributed by atoms with E-state index in [4.69, 9.17) is 18.0 Å². The van der Waals surface area contributed by atoms with Crippen LogP contribution in [0.15, 0.2) is 0 Å². The van der Waals surface area contributed by atoms with Gasteiger partial charge in [0.05, 0.1) is 15.7 Å². The van der Waals surface area contributed by atoms with Gasteiger partial charge < -0.3 is 5.73 Å². The highest BCUT2D eigenvalue weighted by atomic mass is 32.1. The minimum Gasteiger partial charge on any atom is -0.393 e. The molecule has 72 valence electrons. The van der Waals surface area contributed by atoms with Gasteiger partial charge in [-0.3, -0.25) is 0 Å². The summed E-state index contributed by atoms with van der Waals surface area (Å²) in [5.74, 6) is 0.483. The third kappa shape index (κ3) is 2.74. The maximum Gasteiger partial charge on any atom is 0.0998 e. The topological polar surface area (TPSA) is 38.9 Å². The zero-order valence-corrected chi connectivity index (χ0v) is 9.76. The number of nitrogens with two attached hydrogens (primary N) is 1. The molecule has 0 amide bonds. The van der Waals surface area contributed by atoms with Gasteiger partial charge in [0.2, 0.25) is 0 Å². The molecule has 0 spiro atoms. The van der Waals surface area contributed by atoms with E-state index in [2.05, 4.69) is 25.8 Å². The van der Waals surface area contributed by atoms with E-state index in [9.17, 15) is 0 Å². The van der Waals surface area contributed by atoms with Crippen LogP contribution in [0.5, 0.6) is 0 Å². The number of nitrogens with zero attached hydrogens (tertiary/aromatic N) is 1. The van der Waals surface area contributed by atoms with Gasteiger partial charge in [0.25, 0.3) is 0 Å². The molecular weight excluding hydrogens is 200 g/mol. The average molecular weight is 214 g/mol.